The number of nitrogens with zero attached hydrogens (tertiary/aromatic N) is 2. The first-order valence-corrected chi connectivity index (χ1v) is 10.5. The molecule has 0 aliphatic carbocycles. The molecule has 0 heterocycles. The predicted molar refractivity (Wildman–Crippen MR) is 128 cm³/mol. The maximum Gasteiger partial charge on any atom is 0.340 e. The van der Waals surface area contributed by atoms with Crippen molar-refractivity contribution in [3.05, 3.63) is 65.7 Å². The standard InChI is InChI=1S/C23H26N6O7/c1-13(30)29(27-23(36)28(2)16-10-8-15(9-11-16)20(24)25)17(12-18(31)32)21(33)26-19(22(34)35)14-6-4-3-5-7-14/h3-11,17,19H,12H2,1-2H3,(H3,24,25)(H,26,33)(H,27,36)(H,31,32)(H,34,35)/t17-,19-/m0/s1. The fourth-order valence-electron chi connectivity index (χ4n) is 3.17. The maximum absolute atomic E-state index is 13.0. The molecule has 4 amide bonds. The molecule has 2 rings (SSSR count). The van der Waals surface area contributed by atoms with Crippen molar-refractivity contribution in [1.29, 1.82) is 5.41 Å². The highest BCUT2D eigenvalue weighted by Gasteiger charge is 2.35. The Kier molecular flexibility index (Phi) is 9.08. The van der Waals surface area contributed by atoms with E-state index in [0.717, 1.165) is 11.8 Å². The van der Waals surface area contributed by atoms with E-state index in [1.165, 1.54) is 43.4 Å². The van der Waals surface area contributed by atoms with Crippen LogP contribution < -0.4 is 21.4 Å². The van der Waals surface area contributed by atoms with Crippen LogP contribution in [0.2, 0.25) is 0 Å². The molecule has 0 aromatic heterocycles. The lowest BCUT2D eigenvalue weighted by Crippen LogP contribution is -2.59. The summed E-state index contributed by atoms with van der Waals surface area (Å²) in [5, 5.41) is 29.1. The van der Waals surface area contributed by atoms with Gasteiger partial charge < -0.3 is 21.3 Å². The molecule has 2 aromatic carbocycles. The van der Waals surface area contributed by atoms with Gasteiger partial charge in [-0.3, -0.25) is 24.7 Å². The molecule has 0 saturated carbocycles. The van der Waals surface area contributed by atoms with Crippen LogP contribution in [0.1, 0.15) is 30.5 Å². The number of anilines is 1. The molecule has 0 bridgehead atoms. The minimum atomic E-state index is -1.76. The van der Waals surface area contributed by atoms with Crippen molar-refractivity contribution in [3.8, 4) is 0 Å². The Balaban J connectivity index is 2.29. The fraction of sp³-hybridized carbons (Fsp3) is 0.217. The molecule has 36 heavy (non-hydrogen) atoms. The lowest BCUT2D eigenvalue weighted by molar-refractivity contribution is -0.149. The number of carbonyl (C=O) groups excluding carboxylic acids is 3. The van der Waals surface area contributed by atoms with Gasteiger partial charge in [0.1, 0.15) is 11.9 Å². The summed E-state index contributed by atoms with van der Waals surface area (Å²) in [6, 6.07) is 9.51. The number of hydrazine groups is 1. The van der Waals surface area contributed by atoms with Crippen LogP contribution in [0, 0.1) is 5.41 Å². The number of carbonyl (C=O) groups is 5. The smallest absolute Gasteiger partial charge is 0.340 e. The molecule has 0 spiro atoms. The number of nitrogen functional groups attached to an aromatic ring is 1. The third-order valence-corrected chi connectivity index (χ3v) is 5.07. The Morgan fingerprint density at radius 3 is 2.06 bits per heavy atom. The molecule has 13 nitrogen and oxygen atoms in total. The predicted octanol–water partition coefficient (Wildman–Crippen LogP) is 0.665. The lowest BCUT2D eigenvalue weighted by Gasteiger charge is -2.31. The number of amidine groups is 1. The second-order valence-electron chi connectivity index (χ2n) is 7.63. The number of aliphatic carboxylic acids is 2. The lowest BCUT2D eigenvalue weighted by atomic mass is 10.1. The Bertz CT molecular complexity index is 1150. The highest BCUT2D eigenvalue weighted by molar-refractivity contribution is 5.98. The van der Waals surface area contributed by atoms with Crippen molar-refractivity contribution < 1.29 is 34.2 Å². The Morgan fingerprint density at radius 1 is 1.00 bits per heavy atom. The molecule has 2 aromatic rings. The molecule has 0 unspecified atom stereocenters. The van der Waals surface area contributed by atoms with Crippen molar-refractivity contribution in [2.75, 3.05) is 11.9 Å². The van der Waals surface area contributed by atoms with Gasteiger partial charge >= 0.3 is 18.0 Å². The van der Waals surface area contributed by atoms with Gasteiger partial charge in [0, 0.05) is 25.2 Å². The monoisotopic (exact) mass is 498 g/mol. The van der Waals surface area contributed by atoms with Crippen LogP contribution in [0.3, 0.4) is 0 Å². The molecular formula is C23H26N6O7. The largest absolute Gasteiger partial charge is 0.481 e. The molecule has 7 N–H and O–H groups in total. The van der Waals surface area contributed by atoms with E-state index in [1.807, 2.05) is 0 Å². The Hall–Kier alpha value is -4.94. The number of benzene rings is 2. The number of carboxylic acids is 2. The molecular weight excluding hydrogens is 472 g/mol. The van der Waals surface area contributed by atoms with Crippen molar-refractivity contribution in [1.82, 2.24) is 15.8 Å². The van der Waals surface area contributed by atoms with Crippen molar-refractivity contribution in [2.45, 2.75) is 25.4 Å². The van der Waals surface area contributed by atoms with Gasteiger partial charge in [-0.2, -0.15) is 0 Å². The molecule has 0 fully saturated rings. The average molecular weight is 498 g/mol. The molecule has 0 saturated heterocycles. The summed E-state index contributed by atoms with van der Waals surface area (Å²) in [5.74, 6) is -5.01. The highest BCUT2D eigenvalue weighted by Crippen LogP contribution is 2.16. The number of carboxylic acid groups (broad SMARTS) is 2. The SMILES string of the molecule is CC(=O)N(NC(=O)N(C)c1ccc(C(=N)N)cc1)[C@@H](CC(=O)O)C(=O)N[C@H](C(=O)O)c1ccccc1. The van der Waals surface area contributed by atoms with E-state index in [1.54, 1.807) is 18.2 Å². The minimum Gasteiger partial charge on any atom is -0.481 e. The first-order valence-electron chi connectivity index (χ1n) is 10.5. The van der Waals surface area contributed by atoms with Gasteiger partial charge in [0.05, 0.1) is 6.42 Å². The van der Waals surface area contributed by atoms with Crippen LogP contribution in [-0.4, -0.2) is 63.9 Å². The number of urea groups is 1. The molecule has 0 radical (unpaired) electrons. The molecule has 0 aliphatic heterocycles. The second kappa shape index (κ2) is 12.0. The summed E-state index contributed by atoms with van der Waals surface area (Å²) in [6.45, 7) is 1.01. The quantitative estimate of drug-likeness (QED) is 0.164. The van der Waals surface area contributed by atoms with Gasteiger partial charge in [0.15, 0.2) is 6.04 Å². The summed E-state index contributed by atoms with van der Waals surface area (Å²) in [4.78, 5) is 62.5. The summed E-state index contributed by atoms with van der Waals surface area (Å²) in [7, 11) is 1.36. The Morgan fingerprint density at radius 2 is 1.58 bits per heavy atom. The summed E-state index contributed by atoms with van der Waals surface area (Å²) >= 11 is 0. The van der Waals surface area contributed by atoms with Crippen LogP contribution >= 0.6 is 0 Å². The summed E-state index contributed by atoms with van der Waals surface area (Å²) in [5.41, 5.74) is 8.61. The number of hydrogen-bond donors (Lipinski definition) is 6. The van der Waals surface area contributed by atoms with Crippen LogP contribution in [0.15, 0.2) is 54.6 Å². The van der Waals surface area contributed by atoms with Crippen LogP contribution in [-0.2, 0) is 19.2 Å². The average Bonchev–Trinajstić information content (AvgIpc) is 2.83. The van der Waals surface area contributed by atoms with E-state index in [0.29, 0.717) is 16.3 Å². The third-order valence-electron chi connectivity index (χ3n) is 5.07. The molecule has 13 heteroatoms. The van der Waals surface area contributed by atoms with Gasteiger partial charge in [0.25, 0.3) is 0 Å². The van der Waals surface area contributed by atoms with Crippen molar-refractivity contribution in [3.63, 3.8) is 0 Å². The second-order valence-corrected chi connectivity index (χ2v) is 7.63. The molecule has 190 valence electrons. The molecule has 2 atom stereocenters. The summed E-state index contributed by atoms with van der Waals surface area (Å²) in [6.07, 6.45) is -0.913. The van der Waals surface area contributed by atoms with Crippen molar-refractivity contribution in [2.24, 2.45) is 5.73 Å². The zero-order chi connectivity index (χ0) is 27.0. The van der Waals surface area contributed by atoms with Gasteiger partial charge in [0.2, 0.25) is 11.8 Å². The van der Waals surface area contributed by atoms with Crippen LogP contribution in [0.5, 0.6) is 0 Å². The number of hydrogen-bond acceptors (Lipinski definition) is 6. The number of rotatable bonds is 9. The van der Waals surface area contributed by atoms with Crippen LogP contribution in [0.4, 0.5) is 10.5 Å². The van der Waals surface area contributed by atoms with Gasteiger partial charge in [-0.25, -0.2) is 20.0 Å². The zero-order valence-electron chi connectivity index (χ0n) is 19.5. The first kappa shape index (κ1) is 27.3. The van der Waals surface area contributed by atoms with E-state index in [-0.39, 0.29) is 11.4 Å². The Labute approximate surface area is 206 Å². The van der Waals surface area contributed by atoms with E-state index in [4.69, 9.17) is 11.1 Å². The number of nitrogens with two attached hydrogens (primary N) is 1. The topological polar surface area (TPSA) is 206 Å². The highest BCUT2D eigenvalue weighted by atomic mass is 16.4. The van der Waals surface area contributed by atoms with E-state index < -0.39 is 48.3 Å². The van der Waals surface area contributed by atoms with Crippen LogP contribution in [0.25, 0.3) is 0 Å². The van der Waals surface area contributed by atoms with E-state index in [9.17, 15) is 34.2 Å². The number of amides is 4. The minimum absolute atomic E-state index is 0.172. The maximum atomic E-state index is 13.0. The van der Waals surface area contributed by atoms with E-state index in [2.05, 4.69) is 10.7 Å². The van der Waals surface area contributed by atoms with Gasteiger partial charge in [-0.1, -0.05) is 30.3 Å². The number of nitrogens with one attached hydrogen (secondary N) is 3. The van der Waals surface area contributed by atoms with Gasteiger partial charge in [-0.05, 0) is 29.8 Å². The van der Waals surface area contributed by atoms with Gasteiger partial charge in [-0.15, -0.1) is 0 Å². The van der Waals surface area contributed by atoms with E-state index >= 15 is 0 Å². The van der Waals surface area contributed by atoms with Crippen molar-refractivity contribution >= 4 is 41.3 Å². The molecule has 0 aliphatic rings. The third kappa shape index (κ3) is 7.03. The summed E-state index contributed by atoms with van der Waals surface area (Å²) < 4.78 is 0. The normalized spacial score (nSPS) is 11.9. The fourth-order valence-corrected chi connectivity index (χ4v) is 3.17. The zero-order valence-corrected chi connectivity index (χ0v) is 19.5. The first-order chi connectivity index (χ1) is 16.9.